The van der Waals surface area contributed by atoms with Gasteiger partial charge in [0.05, 0.1) is 0 Å². The zero-order chi connectivity index (χ0) is 31.8. The van der Waals surface area contributed by atoms with Crippen LogP contribution in [0.4, 0.5) is 0 Å². The summed E-state index contributed by atoms with van der Waals surface area (Å²) >= 11 is -3.10. The van der Waals surface area contributed by atoms with Gasteiger partial charge in [-0.05, 0) is 0 Å². The van der Waals surface area contributed by atoms with Crippen LogP contribution in [0.3, 0.4) is 0 Å². The van der Waals surface area contributed by atoms with Crippen molar-refractivity contribution in [3.8, 4) is 22.3 Å². The topological polar surface area (TPSA) is 0 Å². The fourth-order valence-electron chi connectivity index (χ4n) is 9.35. The summed E-state index contributed by atoms with van der Waals surface area (Å²) in [6.45, 7) is 16.6. The molecule has 0 spiro atoms. The predicted molar refractivity (Wildman–Crippen MR) is 193 cm³/mol. The van der Waals surface area contributed by atoms with E-state index in [0.717, 1.165) is 0 Å². The van der Waals surface area contributed by atoms with Crippen molar-refractivity contribution in [1.29, 1.82) is 0 Å². The van der Waals surface area contributed by atoms with E-state index in [1.54, 1.807) is 22.3 Å². The third-order valence-electron chi connectivity index (χ3n) is 11.5. The minimum absolute atomic E-state index is 0.0502. The molecule has 3 aliphatic rings. The van der Waals surface area contributed by atoms with Crippen LogP contribution in [0.1, 0.15) is 107 Å². The summed E-state index contributed by atoms with van der Waals surface area (Å²) in [7, 11) is 0. The van der Waals surface area contributed by atoms with Gasteiger partial charge in [-0.2, -0.15) is 0 Å². The van der Waals surface area contributed by atoms with Gasteiger partial charge in [0.25, 0.3) is 0 Å². The molecule has 7 rings (SSSR count). The number of rotatable bonds is 6. The molecule has 0 amide bonds. The van der Waals surface area contributed by atoms with E-state index < -0.39 is 20.0 Å². The summed E-state index contributed by atoms with van der Waals surface area (Å²) in [5, 5.41) is 0. The second-order valence-electron chi connectivity index (χ2n) is 16.0. The quantitative estimate of drug-likeness (QED) is 0.172. The van der Waals surface area contributed by atoms with E-state index >= 15 is 0 Å². The normalized spacial score (nSPS) is 22.7. The van der Waals surface area contributed by atoms with Crippen molar-refractivity contribution in [2.45, 2.75) is 83.4 Å². The van der Waals surface area contributed by atoms with Crippen molar-refractivity contribution in [3.63, 3.8) is 0 Å². The molecular formula is C44H50Hf. The second kappa shape index (κ2) is 11.2. The van der Waals surface area contributed by atoms with Gasteiger partial charge in [-0.3, -0.25) is 0 Å². The Morgan fingerprint density at radius 2 is 0.978 bits per heavy atom. The van der Waals surface area contributed by atoms with Gasteiger partial charge in [-0.25, -0.2) is 0 Å². The summed E-state index contributed by atoms with van der Waals surface area (Å²) in [4.78, 5) is 0. The van der Waals surface area contributed by atoms with Crippen LogP contribution in [-0.4, -0.2) is 0 Å². The average molecular weight is 757 g/mol. The molecule has 1 aliphatic heterocycles. The van der Waals surface area contributed by atoms with Crippen molar-refractivity contribution in [2.75, 3.05) is 0 Å². The third-order valence-corrected chi connectivity index (χ3v) is 26.6. The zero-order valence-corrected chi connectivity index (χ0v) is 32.4. The fourth-order valence-corrected chi connectivity index (χ4v) is 26.8. The van der Waals surface area contributed by atoms with E-state index in [0.29, 0.717) is 25.1 Å². The molecule has 4 aromatic carbocycles. The van der Waals surface area contributed by atoms with Crippen molar-refractivity contribution in [3.05, 3.63) is 129 Å². The van der Waals surface area contributed by atoms with Crippen molar-refractivity contribution >= 4 is 12.2 Å². The SMILES string of the molecule is CC(C)CC1(C)C2=Cc3c(-c4ccc(C(C)C)cc4)cccc3[CH]2[Hf]([CH3])([CH3])[CH]2C1=Cc1c(-c3ccc(C(C)C)cc3)cccc12. The van der Waals surface area contributed by atoms with Crippen LogP contribution in [0.2, 0.25) is 9.36 Å². The fraction of sp³-hybridized carbons (Fsp3) is 0.364. The van der Waals surface area contributed by atoms with Crippen LogP contribution in [0.5, 0.6) is 0 Å². The molecule has 1 heteroatoms. The van der Waals surface area contributed by atoms with Gasteiger partial charge in [-0.1, -0.05) is 0 Å². The Kier molecular flexibility index (Phi) is 7.67. The predicted octanol–water partition coefficient (Wildman–Crippen LogP) is 13.2. The van der Waals surface area contributed by atoms with E-state index in [4.69, 9.17) is 0 Å². The Morgan fingerprint density at radius 3 is 1.33 bits per heavy atom. The Hall–Kier alpha value is -2.77. The molecule has 45 heavy (non-hydrogen) atoms. The first-order valence-electron chi connectivity index (χ1n) is 17.3. The molecular weight excluding hydrogens is 707 g/mol. The van der Waals surface area contributed by atoms with Crippen LogP contribution >= 0.6 is 0 Å². The maximum absolute atomic E-state index is 3.10. The Labute approximate surface area is 277 Å². The van der Waals surface area contributed by atoms with Gasteiger partial charge in [0.1, 0.15) is 0 Å². The molecule has 2 unspecified atom stereocenters. The number of allylic oxidation sites excluding steroid dienone is 2. The Bertz CT molecular complexity index is 1700. The second-order valence-corrected chi connectivity index (χ2v) is 33.2. The molecule has 2 atom stereocenters. The summed E-state index contributed by atoms with van der Waals surface area (Å²) in [5.74, 6) is 1.72. The summed E-state index contributed by atoms with van der Waals surface area (Å²) in [6.07, 6.45) is 6.56. The van der Waals surface area contributed by atoms with Crippen molar-refractivity contribution in [2.24, 2.45) is 11.3 Å². The molecule has 2 aliphatic carbocycles. The molecule has 0 bridgehead atoms. The number of hydrogen-bond donors (Lipinski definition) is 0. The molecule has 0 aromatic heterocycles. The number of benzene rings is 4. The van der Waals surface area contributed by atoms with E-state index in [-0.39, 0.29) is 5.41 Å². The van der Waals surface area contributed by atoms with E-state index in [1.807, 2.05) is 0 Å². The first-order chi connectivity index (χ1) is 21.4. The first-order valence-corrected chi connectivity index (χ1v) is 28.7. The van der Waals surface area contributed by atoms with Crippen LogP contribution in [0.25, 0.3) is 34.4 Å². The van der Waals surface area contributed by atoms with Crippen LogP contribution < -0.4 is 0 Å². The first kappa shape index (κ1) is 30.9. The molecule has 0 nitrogen and oxygen atoms in total. The standard InChI is InChI=1S/C42H44.2CH3.Hf/c1-27(2)26-42(7,36-22-34-10-8-12-38(40(34)24-36)32-18-14-30(15-19-32)28(3)4)37-23-35-11-9-13-39(41(35)25-37)33-20-16-31(17-21-33)29(5)6;;;/h8-25,27-29H,26H2,1-7H3;2*1H3;. The number of hydrogen-bond acceptors (Lipinski definition) is 0. The molecule has 4 aromatic rings. The van der Waals surface area contributed by atoms with E-state index in [1.165, 1.54) is 50.9 Å². The van der Waals surface area contributed by atoms with Gasteiger partial charge in [-0.15, -0.1) is 0 Å². The van der Waals surface area contributed by atoms with Crippen LogP contribution in [0, 0.1) is 11.3 Å². The Morgan fingerprint density at radius 1 is 0.578 bits per heavy atom. The average Bonchev–Trinajstić information content (AvgIpc) is 3.62. The van der Waals surface area contributed by atoms with Gasteiger partial charge in [0.15, 0.2) is 0 Å². The minimum atomic E-state index is -3.10. The maximum atomic E-state index is 2.78. The molecule has 0 N–H and O–H groups in total. The number of fused-ring (bicyclic) bond motifs is 6. The summed E-state index contributed by atoms with van der Waals surface area (Å²) < 4.78 is 6.76. The monoisotopic (exact) mass is 758 g/mol. The van der Waals surface area contributed by atoms with Gasteiger partial charge in [0.2, 0.25) is 0 Å². The summed E-state index contributed by atoms with van der Waals surface area (Å²) in [5.41, 5.74) is 18.1. The van der Waals surface area contributed by atoms with Gasteiger partial charge < -0.3 is 0 Å². The van der Waals surface area contributed by atoms with E-state index in [2.05, 4.69) is 155 Å². The Balaban J connectivity index is 1.40. The van der Waals surface area contributed by atoms with Crippen molar-refractivity contribution in [1.82, 2.24) is 0 Å². The summed E-state index contributed by atoms with van der Waals surface area (Å²) in [6, 6.07) is 33.2. The molecule has 0 saturated carbocycles. The van der Waals surface area contributed by atoms with Crippen LogP contribution in [-0.2, 0) is 20.0 Å². The van der Waals surface area contributed by atoms with Crippen molar-refractivity contribution < 1.29 is 20.0 Å². The molecule has 230 valence electrons. The molecule has 1 heterocycles. The molecule has 0 radical (unpaired) electrons. The zero-order valence-electron chi connectivity index (χ0n) is 28.8. The van der Waals surface area contributed by atoms with E-state index in [9.17, 15) is 0 Å². The van der Waals surface area contributed by atoms with Gasteiger partial charge >= 0.3 is 279 Å². The molecule has 1 saturated heterocycles. The molecule has 1 fully saturated rings. The third kappa shape index (κ3) is 4.86. The van der Waals surface area contributed by atoms with Gasteiger partial charge in [0, 0.05) is 0 Å². The van der Waals surface area contributed by atoms with Crippen LogP contribution in [0.15, 0.2) is 96.1 Å².